The van der Waals surface area contributed by atoms with Crippen molar-refractivity contribution in [1.29, 1.82) is 0 Å². The van der Waals surface area contributed by atoms with Crippen molar-refractivity contribution in [2.45, 2.75) is 58.1 Å². The van der Waals surface area contributed by atoms with Crippen LogP contribution in [-0.4, -0.2) is 53.8 Å². The predicted molar refractivity (Wildman–Crippen MR) is 117 cm³/mol. The lowest BCUT2D eigenvalue weighted by Gasteiger charge is -2.37. The number of carboxylic acid groups (broad SMARTS) is 1. The fraction of sp³-hybridized carbons (Fsp3) is 0.682. The molecule has 2 aliphatic carbocycles. The number of nitrogens with zero attached hydrogens (tertiary/aromatic N) is 2. The maximum Gasteiger partial charge on any atom is 0.407 e. The Bertz CT molecular complexity index is 700. The summed E-state index contributed by atoms with van der Waals surface area (Å²) in [7, 11) is 1.59. The number of halogens is 2. The minimum absolute atomic E-state index is 0.0743. The lowest BCUT2D eigenvalue weighted by Crippen LogP contribution is -2.41. The number of hydrogen-bond donors (Lipinski definition) is 1. The van der Waals surface area contributed by atoms with Gasteiger partial charge in [0.2, 0.25) is 0 Å². The molecule has 0 atom stereocenters. The van der Waals surface area contributed by atoms with E-state index in [0.717, 1.165) is 44.0 Å². The van der Waals surface area contributed by atoms with Gasteiger partial charge in [0.05, 0.1) is 11.1 Å². The van der Waals surface area contributed by atoms with E-state index in [-0.39, 0.29) is 6.10 Å². The van der Waals surface area contributed by atoms with Crippen LogP contribution in [0.3, 0.4) is 0 Å². The van der Waals surface area contributed by atoms with Crippen molar-refractivity contribution in [2.75, 3.05) is 26.7 Å². The molecule has 1 N–H and O–H groups in total. The first-order valence-electron chi connectivity index (χ1n) is 10.6. The van der Waals surface area contributed by atoms with Gasteiger partial charge in [0.1, 0.15) is 5.75 Å². The number of benzene rings is 1. The van der Waals surface area contributed by atoms with E-state index >= 15 is 0 Å². The van der Waals surface area contributed by atoms with E-state index in [9.17, 15) is 4.79 Å². The average molecular weight is 443 g/mol. The Kier molecular flexibility index (Phi) is 7.94. The molecular formula is C22H32Cl2N2O3. The second-order valence-electron chi connectivity index (χ2n) is 8.78. The van der Waals surface area contributed by atoms with Crippen LogP contribution >= 0.6 is 23.2 Å². The normalized spacial score (nSPS) is 23.7. The number of rotatable bonds is 6. The van der Waals surface area contributed by atoms with E-state index in [1.54, 1.807) is 7.05 Å². The number of hydrogen-bond acceptors (Lipinski definition) is 3. The zero-order chi connectivity index (χ0) is 21.0. The molecule has 162 valence electrons. The van der Waals surface area contributed by atoms with Gasteiger partial charge in [0.15, 0.2) is 0 Å². The lowest BCUT2D eigenvalue weighted by molar-refractivity contribution is 0.0475. The molecule has 2 saturated carbocycles. The summed E-state index contributed by atoms with van der Waals surface area (Å²) < 4.78 is 5.96. The first-order chi connectivity index (χ1) is 13.8. The van der Waals surface area contributed by atoms with Crippen molar-refractivity contribution in [3.63, 3.8) is 0 Å². The molecule has 4 rings (SSSR count). The molecule has 1 amide bonds. The predicted octanol–water partition coefficient (Wildman–Crippen LogP) is 5.77. The largest absolute Gasteiger partial charge is 0.489 e. The Labute approximate surface area is 183 Å². The fourth-order valence-electron chi connectivity index (χ4n) is 3.69. The van der Waals surface area contributed by atoms with E-state index in [0.29, 0.717) is 28.3 Å². The van der Waals surface area contributed by atoms with Crippen molar-refractivity contribution in [2.24, 2.45) is 11.8 Å². The molecule has 1 saturated heterocycles. The molecule has 0 unspecified atom stereocenters. The number of amides is 1. The van der Waals surface area contributed by atoms with Crippen LogP contribution in [0.15, 0.2) is 12.1 Å². The molecule has 7 heteroatoms. The van der Waals surface area contributed by atoms with Gasteiger partial charge in [-0.25, -0.2) is 4.79 Å². The molecule has 0 bridgehead atoms. The average Bonchev–Trinajstić information content (AvgIpc) is 3.24. The van der Waals surface area contributed by atoms with Gasteiger partial charge in [-0.2, -0.15) is 0 Å². The first kappa shape index (κ1) is 22.5. The number of carbonyl (C=O) groups is 1. The fourth-order valence-corrected chi connectivity index (χ4v) is 4.14. The Balaban J connectivity index is 0.000000536. The molecule has 3 aliphatic rings. The van der Waals surface area contributed by atoms with Crippen LogP contribution in [-0.2, 0) is 6.54 Å². The summed E-state index contributed by atoms with van der Waals surface area (Å²) >= 11 is 12.8. The smallest absolute Gasteiger partial charge is 0.407 e. The summed E-state index contributed by atoms with van der Waals surface area (Å²) in [4.78, 5) is 14.5. The van der Waals surface area contributed by atoms with E-state index in [1.165, 1.54) is 30.6 Å². The molecule has 3 fully saturated rings. The summed E-state index contributed by atoms with van der Waals surface area (Å²) in [5.74, 6) is 2.04. The van der Waals surface area contributed by atoms with Crippen molar-refractivity contribution in [1.82, 2.24) is 9.80 Å². The first-order valence-corrected chi connectivity index (χ1v) is 11.4. The van der Waals surface area contributed by atoms with Crippen LogP contribution in [0.4, 0.5) is 4.79 Å². The van der Waals surface area contributed by atoms with Crippen LogP contribution in [0.25, 0.3) is 0 Å². The van der Waals surface area contributed by atoms with Crippen LogP contribution in [0.1, 0.15) is 51.0 Å². The monoisotopic (exact) mass is 442 g/mol. The molecule has 1 heterocycles. The highest BCUT2D eigenvalue weighted by Gasteiger charge is 2.33. The molecule has 0 spiro atoms. The zero-order valence-electron chi connectivity index (χ0n) is 17.4. The van der Waals surface area contributed by atoms with Gasteiger partial charge in [0, 0.05) is 31.2 Å². The third-order valence-electron chi connectivity index (χ3n) is 5.90. The highest BCUT2D eigenvalue weighted by molar-refractivity contribution is 6.34. The van der Waals surface area contributed by atoms with Gasteiger partial charge >= 0.3 is 6.09 Å². The summed E-state index contributed by atoms with van der Waals surface area (Å²) in [6.45, 7) is 5.87. The second kappa shape index (κ2) is 10.2. The number of likely N-dealkylation sites (tertiary alicyclic amines) is 1. The highest BCUT2D eigenvalue weighted by Crippen LogP contribution is 2.37. The van der Waals surface area contributed by atoms with Crippen LogP contribution < -0.4 is 4.74 Å². The van der Waals surface area contributed by atoms with Gasteiger partial charge in [-0.15, -0.1) is 0 Å². The summed E-state index contributed by atoms with van der Waals surface area (Å²) in [5, 5.41) is 10.2. The Hall–Kier alpha value is -1.17. The van der Waals surface area contributed by atoms with Gasteiger partial charge in [0.25, 0.3) is 0 Å². The van der Waals surface area contributed by atoms with Gasteiger partial charge in [-0.3, -0.25) is 4.90 Å². The third kappa shape index (κ3) is 6.94. The standard InChI is InChI=1S/C18H24Cl2N2O3.C4H8/c1-21(18(23)24)10-12-6-14(7-12)25-17-9-15(19)13(8-16(17)20)11-22-4-2-3-5-22;1-4-2-3-4/h8-9,12,14H,2-7,10-11H2,1H3,(H,23,24);4H,2-3H2,1H3. The zero-order valence-corrected chi connectivity index (χ0v) is 18.9. The second-order valence-corrected chi connectivity index (χ2v) is 9.59. The van der Waals surface area contributed by atoms with Crippen molar-refractivity contribution >= 4 is 29.3 Å². The Morgan fingerprint density at radius 2 is 1.83 bits per heavy atom. The molecule has 29 heavy (non-hydrogen) atoms. The van der Waals surface area contributed by atoms with Crippen LogP contribution in [0.2, 0.25) is 10.0 Å². The highest BCUT2D eigenvalue weighted by atomic mass is 35.5. The maximum atomic E-state index is 10.8. The van der Waals surface area contributed by atoms with Gasteiger partial charge in [-0.1, -0.05) is 43.0 Å². The van der Waals surface area contributed by atoms with E-state index < -0.39 is 6.09 Å². The molecular weight excluding hydrogens is 411 g/mol. The third-order valence-corrected chi connectivity index (χ3v) is 6.55. The molecule has 1 aromatic rings. The summed E-state index contributed by atoms with van der Waals surface area (Å²) in [6, 6.07) is 3.72. The van der Waals surface area contributed by atoms with E-state index in [2.05, 4.69) is 11.8 Å². The van der Waals surface area contributed by atoms with Crippen molar-refractivity contribution in [3.05, 3.63) is 27.7 Å². The molecule has 5 nitrogen and oxygen atoms in total. The quantitative estimate of drug-likeness (QED) is 0.606. The van der Waals surface area contributed by atoms with Crippen molar-refractivity contribution in [3.8, 4) is 5.75 Å². The minimum Gasteiger partial charge on any atom is -0.489 e. The molecule has 1 aliphatic heterocycles. The maximum absolute atomic E-state index is 10.8. The SMILES string of the molecule is CC1CC1.CN(CC1CC(Oc2cc(Cl)c(CN3CCCC3)cc2Cl)C1)C(=O)O. The van der Waals surface area contributed by atoms with Crippen LogP contribution in [0, 0.1) is 11.8 Å². The van der Waals surface area contributed by atoms with E-state index in [1.807, 2.05) is 12.1 Å². The van der Waals surface area contributed by atoms with Crippen molar-refractivity contribution < 1.29 is 14.6 Å². The van der Waals surface area contributed by atoms with E-state index in [4.69, 9.17) is 33.0 Å². The molecule has 0 radical (unpaired) electrons. The summed E-state index contributed by atoms with van der Waals surface area (Å²) in [6.07, 6.45) is 6.30. The summed E-state index contributed by atoms with van der Waals surface area (Å²) in [5.41, 5.74) is 1.04. The Morgan fingerprint density at radius 3 is 2.38 bits per heavy atom. The topological polar surface area (TPSA) is 53.0 Å². The molecule has 1 aromatic carbocycles. The Morgan fingerprint density at radius 1 is 1.21 bits per heavy atom. The molecule has 0 aromatic heterocycles. The lowest BCUT2D eigenvalue weighted by atomic mass is 9.82. The number of ether oxygens (including phenoxy) is 1. The minimum atomic E-state index is -0.896. The van der Waals surface area contributed by atoms with Crippen LogP contribution in [0.5, 0.6) is 5.75 Å². The van der Waals surface area contributed by atoms with Gasteiger partial charge in [-0.05, 0) is 62.2 Å². The van der Waals surface area contributed by atoms with Gasteiger partial charge < -0.3 is 14.7 Å².